The summed E-state index contributed by atoms with van der Waals surface area (Å²) in [6.45, 7) is 4.05. The number of anilines is 1. The van der Waals surface area contributed by atoms with E-state index >= 15 is 0 Å². The SMILES string of the molecule is CCOc1nc(CC)nc(NC2CCCCCC2)c1[N+](=O)[O-]. The summed E-state index contributed by atoms with van der Waals surface area (Å²) in [5, 5.41) is 14.7. The number of aromatic nitrogens is 2. The van der Waals surface area contributed by atoms with Crippen molar-refractivity contribution in [3.8, 4) is 5.88 Å². The molecule has 0 bridgehead atoms. The molecule has 0 atom stereocenters. The van der Waals surface area contributed by atoms with Crippen LogP contribution in [-0.4, -0.2) is 27.5 Å². The quantitative estimate of drug-likeness (QED) is 0.491. The van der Waals surface area contributed by atoms with Crippen molar-refractivity contribution < 1.29 is 9.66 Å². The predicted octanol–water partition coefficient (Wildman–Crippen LogP) is 3.48. The summed E-state index contributed by atoms with van der Waals surface area (Å²) in [6, 6.07) is 0.232. The molecule has 1 aromatic rings. The van der Waals surface area contributed by atoms with E-state index in [0.717, 1.165) is 25.7 Å². The molecule has 22 heavy (non-hydrogen) atoms. The van der Waals surface area contributed by atoms with Gasteiger partial charge in [-0.3, -0.25) is 10.1 Å². The van der Waals surface area contributed by atoms with Crippen molar-refractivity contribution >= 4 is 11.5 Å². The van der Waals surface area contributed by atoms with Gasteiger partial charge in [-0.2, -0.15) is 4.98 Å². The molecule has 0 radical (unpaired) electrons. The number of aryl methyl sites for hydroxylation is 1. The second-order valence-electron chi connectivity index (χ2n) is 5.52. The molecular weight excluding hydrogens is 284 g/mol. The Labute approximate surface area is 130 Å². The molecule has 7 heteroatoms. The van der Waals surface area contributed by atoms with E-state index in [1.165, 1.54) is 12.8 Å². The summed E-state index contributed by atoms with van der Waals surface area (Å²) in [5.74, 6) is 0.924. The standard InChI is InChI=1S/C15H24N4O3/c1-3-12-17-14(16-11-9-7-5-6-8-10-11)13(19(20)21)15(18-12)22-4-2/h11H,3-10H2,1-2H3,(H,16,17,18). The van der Waals surface area contributed by atoms with E-state index in [9.17, 15) is 10.1 Å². The molecule has 1 fully saturated rings. The van der Waals surface area contributed by atoms with Crippen LogP contribution in [0.2, 0.25) is 0 Å². The second-order valence-corrected chi connectivity index (χ2v) is 5.52. The van der Waals surface area contributed by atoms with E-state index < -0.39 is 4.92 Å². The minimum absolute atomic E-state index is 0.0653. The summed E-state index contributed by atoms with van der Waals surface area (Å²) < 4.78 is 5.36. The first kappa shape index (κ1) is 16.5. The van der Waals surface area contributed by atoms with E-state index in [2.05, 4.69) is 15.3 Å². The first-order valence-corrected chi connectivity index (χ1v) is 8.10. The molecule has 1 aliphatic rings. The average Bonchev–Trinajstić information content (AvgIpc) is 2.75. The minimum Gasteiger partial charge on any atom is -0.473 e. The summed E-state index contributed by atoms with van der Waals surface area (Å²) in [7, 11) is 0. The van der Waals surface area contributed by atoms with Gasteiger partial charge in [0.2, 0.25) is 5.82 Å². The third-order valence-electron chi connectivity index (χ3n) is 3.87. The Morgan fingerprint density at radius 3 is 2.45 bits per heavy atom. The predicted molar refractivity (Wildman–Crippen MR) is 84.3 cm³/mol. The molecule has 2 rings (SSSR count). The fourth-order valence-corrected chi connectivity index (χ4v) is 2.76. The van der Waals surface area contributed by atoms with Gasteiger partial charge >= 0.3 is 5.69 Å². The highest BCUT2D eigenvalue weighted by Crippen LogP contribution is 2.33. The van der Waals surface area contributed by atoms with Crippen LogP contribution in [-0.2, 0) is 6.42 Å². The van der Waals surface area contributed by atoms with Crippen LogP contribution in [0.3, 0.4) is 0 Å². The van der Waals surface area contributed by atoms with Gasteiger partial charge in [0.15, 0.2) is 0 Å². The maximum absolute atomic E-state index is 11.4. The Morgan fingerprint density at radius 1 is 1.23 bits per heavy atom. The van der Waals surface area contributed by atoms with Gasteiger partial charge in [-0.25, -0.2) is 4.98 Å². The van der Waals surface area contributed by atoms with Gasteiger partial charge in [0.1, 0.15) is 5.82 Å². The highest BCUT2D eigenvalue weighted by atomic mass is 16.6. The van der Waals surface area contributed by atoms with Crippen molar-refractivity contribution in [2.24, 2.45) is 0 Å². The number of hydrogen-bond donors (Lipinski definition) is 1. The van der Waals surface area contributed by atoms with Crippen molar-refractivity contribution in [2.75, 3.05) is 11.9 Å². The fraction of sp³-hybridized carbons (Fsp3) is 0.733. The number of hydrogen-bond acceptors (Lipinski definition) is 6. The molecule has 7 nitrogen and oxygen atoms in total. The number of nitro groups is 1. The van der Waals surface area contributed by atoms with Crippen LogP contribution in [0.25, 0.3) is 0 Å². The first-order valence-electron chi connectivity index (χ1n) is 8.10. The van der Waals surface area contributed by atoms with Gasteiger partial charge in [0, 0.05) is 12.5 Å². The molecule has 0 saturated heterocycles. The molecule has 0 spiro atoms. The molecule has 0 unspecified atom stereocenters. The van der Waals surface area contributed by atoms with Crippen molar-refractivity contribution in [3.05, 3.63) is 15.9 Å². The molecule has 0 aromatic carbocycles. The highest BCUT2D eigenvalue weighted by Gasteiger charge is 2.27. The Bertz CT molecular complexity index is 514. The van der Waals surface area contributed by atoms with Gasteiger partial charge < -0.3 is 10.1 Å². The van der Waals surface area contributed by atoms with Crippen molar-refractivity contribution in [1.82, 2.24) is 9.97 Å². The molecular formula is C15H24N4O3. The first-order chi connectivity index (χ1) is 10.7. The van der Waals surface area contributed by atoms with Crippen LogP contribution in [0, 0.1) is 10.1 Å². The van der Waals surface area contributed by atoms with Gasteiger partial charge in [0.05, 0.1) is 11.5 Å². The van der Waals surface area contributed by atoms with Gasteiger partial charge in [-0.1, -0.05) is 32.6 Å². The zero-order valence-electron chi connectivity index (χ0n) is 13.3. The number of ether oxygens (including phenoxy) is 1. The summed E-state index contributed by atoms with van der Waals surface area (Å²) in [6.07, 6.45) is 7.41. The molecule has 1 aromatic heterocycles. The second kappa shape index (κ2) is 7.91. The third kappa shape index (κ3) is 4.05. The van der Waals surface area contributed by atoms with Crippen molar-refractivity contribution in [3.63, 3.8) is 0 Å². The minimum atomic E-state index is -0.455. The van der Waals surface area contributed by atoms with Crippen LogP contribution in [0.4, 0.5) is 11.5 Å². The largest absolute Gasteiger partial charge is 0.473 e. The van der Waals surface area contributed by atoms with Crippen LogP contribution in [0.1, 0.15) is 58.2 Å². The van der Waals surface area contributed by atoms with E-state index in [-0.39, 0.29) is 17.6 Å². The molecule has 1 aliphatic carbocycles. The highest BCUT2D eigenvalue weighted by molar-refractivity contribution is 5.62. The topological polar surface area (TPSA) is 90.2 Å². The van der Waals surface area contributed by atoms with E-state index in [1.807, 2.05) is 6.92 Å². The van der Waals surface area contributed by atoms with Crippen LogP contribution in [0.5, 0.6) is 5.88 Å². The maximum Gasteiger partial charge on any atom is 0.372 e. The summed E-state index contributed by atoms with van der Waals surface area (Å²) >= 11 is 0. The van der Waals surface area contributed by atoms with Crippen molar-refractivity contribution in [2.45, 2.75) is 64.8 Å². The monoisotopic (exact) mass is 308 g/mol. The Morgan fingerprint density at radius 2 is 1.91 bits per heavy atom. The van der Waals surface area contributed by atoms with Crippen LogP contribution in [0.15, 0.2) is 0 Å². The zero-order valence-corrected chi connectivity index (χ0v) is 13.3. The smallest absolute Gasteiger partial charge is 0.372 e. The Kier molecular flexibility index (Phi) is 5.91. The fourth-order valence-electron chi connectivity index (χ4n) is 2.76. The van der Waals surface area contributed by atoms with Crippen LogP contribution < -0.4 is 10.1 Å². The zero-order chi connectivity index (χ0) is 15.9. The lowest BCUT2D eigenvalue weighted by Gasteiger charge is -2.18. The lowest BCUT2D eigenvalue weighted by atomic mass is 10.1. The molecule has 1 heterocycles. The molecule has 1 saturated carbocycles. The number of nitrogens with one attached hydrogen (secondary N) is 1. The van der Waals surface area contributed by atoms with Gasteiger partial charge in [-0.05, 0) is 19.8 Å². The van der Waals surface area contributed by atoms with E-state index in [1.54, 1.807) is 6.92 Å². The lowest BCUT2D eigenvalue weighted by Crippen LogP contribution is -2.21. The van der Waals surface area contributed by atoms with Crippen LogP contribution >= 0.6 is 0 Å². The number of rotatable bonds is 6. The van der Waals surface area contributed by atoms with E-state index in [4.69, 9.17) is 4.74 Å². The molecule has 1 N–H and O–H groups in total. The maximum atomic E-state index is 11.4. The molecule has 0 aliphatic heterocycles. The summed E-state index contributed by atoms with van der Waals surface area (Å²) in [5.41, 5.74) is -0.150. The molecule has 122 valence electrons. The Balaban J connectivity index is 2.33. The average molecular weight is 308 g/mol. The van der Waals surface area contributed by atoms with Crippen molar-refractivity contribution in [1.29, 1.82) is 0 Å². The molecule has 0 amide bonds. The number of nitrogens with zero attached hydrogens (tertiary/aromatic N) is 3. The van der Waals surface area contributed by atoms with Gasteiger partial charge in [0.25, 0.3) is 5.88 Å². The summed E-state index contributed by atoms with van der Waals surface area (Å²) in [4.78, 5) is 19.5. The third-order valence-corrected chi connectivity index (χ3v) is 3.87. The Hall–Kier alpha value is -1.92. The van der Waals surface area contributed by atoms with E-state index in [0.29, 0.717) is 24.7 Å². The normalized spacial score (nSPS) is 16.1. The lowest BCUT2D eigenvalue weighted by molar-refractivity contribution is -0.385. The van der Waals surface area contributed by atoms with Gasteiger partial charge in [-0.15, -0.1) is 0 Å².